The van der Waals surface area contributed by atoms with Gasteiger partial charge in [0.25, 0.3) is 0 Å². The van der Waals surface area contributed by atoms with Crippen LogP contribution < -0.4 is 21.9 Å². The number of rotatable bonds is 26. The Balaban J connectivity index is 3.30. The number of carbonyl (C=O) groups excluding carboxylic acids is 2. The smallest absolute Gasteiger partial charge is 0.320 e. The van der Waals surface area contributed by atoms with Crippen molar-refractivity contribution in [2.24, 2.45) is 5.73 Å². The second kappa shape index (κ2) is 25.3. The fourth-order valence-electron chi connectivity index (χ4n) is 3.40. The molecule has 1 atom stereocenters. The number of carboxylic acids is 1. The molecule has 35 heavy (non-hydrogen) atoms. The molecule has 10 nitrogen and oxygen atoms in total. The summed E-state index contributed by atoms with van der Waals surface area (Å²) in [7, 11) is 0. The average molecular weight is 503 g/mol. The minimum atomic E-state index is -1.01. The molecule has 0 aromatic heterocycles. The number of amides is 2. The van der Waals surface area contributed by atoms with E-state index < -0.39 is 12.0 Å². The lowest BCUT2D eigenvalue weighted by Crippen LogP contribution is -2.39. The Morgan fingerprint density at radius 3 is 2.06 bits per heavy atom. The summed E-state index contributed by atoms with van der Waals surface area (Å²) < 4.78 is 10.6. The topological polar surface area (TPSA) is 152 Å². The molecule has 10 heteroatoms. The first-order valence-corrected chi connectivity index (χ1v) is 13.4. The van der Waals surface area contributed by atoms with Crippen LogP contribution in [-0.4, -0.2) is 68.4 Å². The van der Waals surface area contributed by atoms with E-state index in [0.717, 1.165) is 12.8 Å². The van der Waals surface area contributed by atoms with Crippen molar-refractivity contribution >= 4 is 17.8 Å². The largest absolute Gasteiger partial charge is 0.480 e. The van der Waals surface area contributed by atoms with Crippen molar-refractivity contribution in [1.29, 1.82) is 0 Å². The van der Waals surface area contributed by atoms with Gasteiger partial charge in [0.2, 0.25) is 11.8 Å². The van der Waals surface area contributed by atoms with E-state index in [4.69, 9.17) is 20.3 Å². The fraction of sp³-hybridized carbons (Fsp3) is 0.880. The third kappa shape index (κ3) is 25.2. The minimum absolute atomic E-state index is 0.00337. The van der Waals surface area contributed by atoms with E-state index in [0.29, 0.717) is 58.6 Å². The molecule has 6 N–H and O–H groups in total. The molecular formula is C25H50N4O6. The first-order chi connectivity index (χ1) is 17.0. The number of unbranched alkanes of at least 4 members (excludes halogenated alkanes) is 10. The van der Waals surface area contributed by atoms with E-state index in [1.165, 1.54) is 51.4 Å². The van der Waals surface area contributed by atoms with Crippen LogP contribution in [-0.2, 0) is 23.9 Å². The van der Waals surface area contributed by atoms with Gasteiger partial charge in [0, 0.05) is 19.5 Å². The summed E-state index contributed by atoms with van der Waals surface area (Å²) in [6, 6.07) is -0.852. The van der Waals surface area contributed by atoms with Crippen LogP contribution in [0.3, 0.4) is 0 Å². The molecule has 0 rings (SSSR count). The van der Waals surface area contributed by atoms with Crippen molar-refractivity contribution in [1.82, 2.24) is 16.2 Å². The van der Waals surface area contributed by atoms with Gasteiger partial charge in [0.05, 0.1) is 19.8 Å². The van der Waals surface area contributed by atoms with Crippen molar-refractivity contribution in [2.75, 3.05) is 39.5 Å². The zero-order valence-corrected chi connectivity index (χ0v) is 21.8. The van der Waals surface area contributed by atoms with Gasteiger partial charge in [-0.25, -0.2) is 5.43 Å². The van der Waals surface area contributed by atoms with E-state index in [1.807, 2.05) is 0 Å². The first-order valence-electron chi connectivity index (χ1n) is 13.4. The number of ether oxygens (including phenoxy) is 2. The molecule has 0 saturated heterocycles. The van der Waals surface area contributed by atoms with Gasteiger partial charge in [0.15, 0.2) is 0 Å². The van der Waals surface area contributed by atoms with Crippen LogP contribution in [0.5, 0.6) is 0 Å². The predicted molar refractivity (Wildman–Crippen MR) is 137 cm³/mol. The average Bonchev–Trinajstić information content (AvgIpc) is 2.83. The molecule has 0 aliphatic heterocycles. The van der Waals surface area contributed by atoms with Crippen molar-refractivity contribution in [3.8, 4) is 0 Å². The standard InChI is InChI=1S/C25H50N4O6/c1-2-3-4-5-6-7-8-9-10-11-15-23(30)29-28-17-18-34-19-20-35-21-24(31)27-16-13-12-14-22(26)25(32)33/h22,28H,2-21,26H2,1H3,(H,27,31)(H,29,30)(H,32,33)/t22-/m0/s1. The Hall–Kier alpha value is -1.75. The molecule has 0 unspecified atom stereocenters. The summed E-state index contributed by atoms with van der Waals surface area (Å²) in [5.41, 5.74) is 10.9. The molecule has 0 spiro atoms. The first kappa shape index (κ1) is 33.2. The van der Waals surface area contributed by atoms with E-state index in [2.05, 4.69) is 23.1 Å². The number of hydrogen-bond donors (Lipinski definition) is 5. The van der Waals surface area contributed by atoms with Crippen LogP contribution in [0.2, 0.25) is 0 Å². The van der Waals surface area contributed by atoms with Gasteiger partial charge >= 0.3 is 5.97 Å². The predicted octanol–water partition coefficient (Wildman–Crippen LogP) is 2.65. The molecule has 0 aromatic rings. The maximum atomic E-state index is 11.8. The van der Waals surface area contributed by atoms with Crippen LogP contribution in [0, 0.1) is 0 Å². The molecule has 0 aliphatic rings. The lowest BCUT2D eigenvalue weighted by molar-refractivity contribution is -0.138. The lowest BCUT2D eigenvalue weighted by atomic mass is 10.1. The number of aliphatic carboxylic acids is 1. The molecular weight excluding hydrogens is 452 g/mol. The van der Waals surface area contributed by atoms with Crippen molar-refractivity contribution in [3.05, 3.63) is 0 Å². The van der Waals surface area contributed by atoms with Crippen molar-refractivity contribution < 1.29 is 29.0 Å². The van der Waals surface area contributed by atoms with Crippen molar-refractivity contribution in [3.63, 3.8) is 0 Å². The highest BCUT2D eigenvalue weighted by Crippen LogP contribution is 2.11. The van der Waals surface area contributed by atoms with E-state index in [-0.39, 0.29) is 18.4 Å². The number of hydrogen-bond acceptors (Lipinski definition) is 7. The highest BCUT2D eigenvalue weighted by molar-refractivity contribution is 5.77. The Morgan fingerprint density at radius 2 is 1.40 bits per heavy atom. The minimum Gasteiger partial charge on any atom is -0.480 e. The van der Waals surface area contributed by atoms with Crippen LogP contribution in [0.15, 0.2) is 0 Å². The SMILES string of the molecule is CCCCCCCCCCCCC(=O)NNCCOCCOCC(=O)NCCCC[C@H](N)C(=O)O. The molecule has 0 aliphatic carbocycles. The summed E-state index contributed by atoms with van der Waals surface area (Å²) in [6.07, 6.45) is 14.7. The highest BCUT2D eigenvalue weighted by atomic mass is 16.5. The fourth-order valence-corrected chi connectivity index (χ4v) is 3.40. The van der Waals surface area contributed by atoms with Crippen LogP contribution in [0.1, 0.15) is 96.8 Å². The Morgan fingerprint density at radius 1 is 0.771 bits per heavy atom. The molecule has 2 amide bonds. The molecule has 0 bridgehead atoms. The van der Waals surface area contributed by atoms with Gasteiger partial charge in [-0.05, 0) is 25.7 Å². The summed E-state index contributed by atoms with van der Waals surface area (Å²) in [4.78, 5) is 34.0. The number of nitrogens with one attached hydrogen (secondary N) is 3. The van der Waals surface area contributed by atoms with E-state index in [1.54, 1.807) is 0 Å². The number of hydrazine groups is 1. The monoisotopic (exact) mass is 502 g/mol. The molecule has 0 fully saturated rings. The Bertz CT molecular complexity index is 536. The Labute approximate surface area is 211 Å². The molecule has 206 valence electrons. The number of carbonyl (C=O) groups is 3. The summed E-state index contributed by atoms with van der Waals surface area (Å²) >= 11 is 0. The third-order valence-electron chi connectivity index (χ3n) is 5.54. The highest BCUT2D eigenvalue weighted by Gasteiger charge is 2.10. The van der Waals surface area contributed by atoms with Crippen LogP contribution >= 0.6 is 0 Å². The number of nitrogens with two attached hydrogens (primary N) is 1. The molecule has 0 radical (unpaired) electrons. The summed E-state index contributed by atoms with van der Waals surface area (Å²) in [6.45, 7) is 4.22. The zero-order chi connectivity index (χ0) is 26.0. The zero-order valence-electron chi connectivity index (χ0n) is 21.8. The maximum absolute atomic E-state index is 11.8. The summed E-state index contributed by atoms with van der Waals surface area (Å²) in [5, 5.41) is 11.4. The maximum Gasteiger partial charge on any atom is 0.320 e. The van der Waals surface area contributed by atoms with Gasteiger partial charge in [-0.1, -0.05) is 64.7 Å². The van der Waals surface area contributed by atoms with E-state index >= 15 is 0 Å². The molecule has 0 heterocycles. The normalized spacial score (nSPS) is 11.8. The molecule has 0 aromatic carbocycles. The molecule has 0 saturated carbocycles. The van der Waals surface area contributed by atoms with Gasteiger partial charge in [-0.3, -0.25) is 19.8 Å². The third-order valence-corrected chi connectivity index (χ3v) is 5.54. The number of carboxylic acid groups (broad SMARTS) is 1. The van der Waals surface area contributed by atoms with Crippen LogP contribution in [0.4, 0.5) is 0 Å². The van der Waals surface area contributed by atoms with E-state index in [9.17, 15) is 14.4 Å². The Kier molecular flexibility index (Phi) is 24.1. The lowest BCUT2D eigenvalue weighted by Gasteiger charge is -2.09. The quantitative estimate of drug-likeness (QED) is 0.0894. The van der Waals surface area contributed by atoms with Crippen LogP contribution in [0.25, 0.3) is 0 Å². The van der Waals surface area contributed by atoms with Crippen molar-refractivity contribution in [2.45, 2.75) is 103 Å². The van der Waals surface area contributed by atoms with Gasteiger partial charge in [0.1, 0.15) is 12.6 Å². The second-order valence-electron chi connectivity index (χ2n) is 8.86. The van der Waals surface area contributed by atoms with Gasteiger partial charge in [-0.15, -0.1) is 0 Å². The van der Waals surface area contributed by atoms with Gasteiger partial charge in [-0.2, -0.15) is 0 Å². The second-order valence-corrected chi connectivity index (χ2v) is 8.86. The summed E-state index contributed by atoms with van der Waals surface area (Å²) in [5.74, 6) is -1.23. The van der Waals surface area contributed by atoms with Gasteiger partial charge < -0.3 is 25.6 Å².